The van der Waals surface area contributed by atoms with Crippen LogP contribution in [0.1, 0.15) is 54.4 Å². The van der Waals surface area contributed by atoms with Gasteiger partial charge in [-0.1, -0.05) is 97.1 Å². The van der Waals surface area contributed by atoms with Crippen LogP contribution in [-0.2, 0) is 32.6 Å². The van der Waals surface area contributed by atoms with Crippen LogP contribution in [0.2, 0.25) is 0 Å². The molecular formula is C38H42FN3O4S. The van der Waals surface area contributed by atoms with Crippen LogP contribution < -0.4 is 9.62 Å². The average Bonchev–Trinajstić information content (AvgIpc) is 3.06. The summed E-state index contributed by atoms with van der Waals surface area (Å²) in [7, 11) is -4.26. The lowest BCUT2D eigenvalue weighted by Crippen LogP contribution is -2.55. The number of carbonyl (C=O) groups is 2. The molecule has 0 aromatic heterocycles. The molecule has 1 saturated carbocycles. The molecule has 4 aromatic carbocycles. The van der Waals surface area contributed by atoms with E-state index in [4.69, 9.17) is 0 Å². The number of halogens is 1. The Morgan fingerprint density at radius 1 is 0.809 bits per heavy atom. The Morgan fingerprint density at radius 2 is 1.47 bits per heavy atom. The van der Waals surface area contributed by atoms with Gasteiger partial charge in [-0.05, 0) is 74.2 Å². The zero-order valence-electron chi connectivity index (χ0n) is 26.9. The zero-order valence-corrected chi connectivity index (χ0v) is 27.8. The van der Waals surface area contributed by atoms with Crippen LogP contribution in [0.15, 0.2) is 108 Å². The Labute approximate surface area is 277 Å². The number of hydrogen-bond acceptors (Lipinski definition) is 4. The van der Waals surface area contributed by atoms with Gasteiger partial charge in [0.05, 0.1) is 10.6 Å². The molecule has 0 aliphatic heterocycles. The molecule has 2 amide bonds. The summed E-state index contributed by atoms with van der Waals surface area (Å²) in [5, 5.41) is 3.22. The van der Waals surface area contributed by atoms with Gasteiger partial charge in [0.1, 0.15) is 18.4 Å². The first-order valence-electron chi connectivity index (χ1n) is 16.1. The highest BCUT2D eigenvalue weighted by Gasteiger charge is 2.35. The lowest BCUT2D eigenvalue weighted by molar-refractivity contribution is -0.140. The summed E-state index contributed by atoms with van der Waals surface area (Å²) in [6.07, 6.45) is 5.20. The van der Waals surface area contributed by atoms with Gasteiger partial charge in [0, 0.05) is 19.0 Å². The number of benzene rings is 4. The number of anilines is 1. The van der Waals surface area contributed by atoms with E-state index < -0.39 is 34.3 Å². The first kappa shape index (κ1) is 33.9. The maximum absolute atomic E-state index is 14.6. The number of amides is 2. The van der Waals surface area contributed by atoms with Crippen LogP contribution in [0.5, 0.6) is 0 Å². The minimum atomic E-state index is -4.26. The Kier molecular flexibility index (Phi) is 11.1. The van der Waals surface area contributed by atoms with Gasteiger partial charge in [0.15, 0.2) is 0 Å². The Morgan fingerprint density at radius 3 is 2.13 bits per heavy atom. The minimum absolute atomic E-state index is 0.00124. The van der Waals surface area contributed by atoms with Gasteiger partial charge in [0.25, 0.3) is 10.0 Å². The van der Waals surface area contributed by atoms with Gasteiger partial charge in [-0.15, -0.1) is 0 Å². The summed E-state index contributed by atoms with van der Waals surface area (Å²) in [6.45, 7) is 3.32. The maximum atomic E-state index is 14.6. The van der Waals surface area contributed by atoms with Gasteiger partial charge in [-0.2, -0.15) is 0 Å². The zero-order chi connectivity index (χ0) is 33.4. The summed E-state index contributed by atoms with van der Waals surface area (Å²) in [6, 6.07) is 27.7. The van der Waals surface area contributed by atoms with Crippen LogP contribution in [-0.4, -0.2) is 43.8 Å². The molecule has 47 heavy (non-hydrogen) atoms. The van der Waals surface area contributed by atoms with Crippen LogP contribution in [0.3, 0.4) is 0 Å². The molecular weight excluding hydrogens is 614 g/mol. The van der Waals surface area contributed by atoms with E-state index in [0.29, 0.717) is 0 Å². The second kappa shape index (κ2) is 15.4. The first-order valence-corrected chi connectivity index (χ1v) is 17.6. The number of hydrogen-bond donors (Lipinski definition) is 1. The van der Waals surface area contributed by atoms with Crippen LogP contribution >= 0.6 is 0 Å². The fourth-order valence-corrected chi connectivity index (χ4v) is 7.49. The number of rotatable bonds is 12. The van der Waals surface area contributed by atoms with E-state index in [1.165, 1.54) is 29.2 Å². The lowest BCUT2D eigenvalue weighted by Gasteiger charge is -2.35. The van der Waals surface area contributed by atoms with E-state index in [1.807, 2.05) is 68.4 Å². The standard InChI is InChI=1S/C38H42FN3O4S/c1-28-16-22-35(23-17-28)47(45,46)42(34-20-18-32(39)19-21-34)27-37(43)41(26-31-13-9-10-29(2)24-31)36(25-30-11-5-3-6-12-30)38(44)40-33-14-7-4-8-15-33/h3,5-6,9-13,16-24,33,36H,4,7-8,14-15,25-27H2,1-2H3,(H,40,44)/t36-/m1/s1. The van der Waals surface area contributed by atoms with E-state index in [9.17, 15) is 22.4 Å². The van der Waals surface area contributed by atoms with Crippen molar-refractivity contribution in [1.82, 2.24) is 10.2 Å². The van der Waals surface area contributed by atoms with Crippen molar-refractivity contribution in [3.63, 3.8) is 0 Å². The molecule has 0 saturated heterocycles. The van der Waals surface area contributed by atoms with Gasteiger partial charge in [0.2, 0.25) is 11.8 Å². The highest BCUT2D eigenvalue weighted by atomic mass is 32.2. The highest BCUT2D eigenvalue weighted by molar-refractivity contribution is 7.92. The number of carbonyl (C=O) groups excluding carboxylic acids is 2. The van der Waals surface area contributed by atoms with Crippen LogP contribution in [0.25, 0.3) is 0 Å². The van der Waals surface area contributed by atoms with Crippen molar-refractivity contribution in [3.8, 4) is 0 Å². The molecule has 0 spiro atoms. The summed E-state index contributed by atoms with van der Waals surface area (Å²) in [5.41, 5.74) is 3.71. The molecule has 0 unspecified atom stereocenters. The fraction of sp³-hybridized carbons (Fsp3) is 0.316. The van der Waals surface area contributed by atoms with E-state index >= 15 is 0 Å². The SMILES string of the molecule is Cc1ccc(S(=O)(=O)N(CC(=O)N(Cc2cccc(C)c2)[C@H](Cc2ccccc2)C(=O)NC2CCCCC2)c2ccc(F)cc2)cc1. The summed E-state index contributed by atoms with van der Waals surface area (Å²) >= 11 is 0. The van der Waals surface area contributed by atoms with Crippen LogP contribution in [0.4, 0.5) is 10.1 Å². The molecule has 1 N–H and O–H groups in total. The van der Waals surface area contributed by atoms with Crippen molar-refractivity contribution in [1.29, 1.82) is 0 Å². The molecule has 9 heteroatoms. The smallest absolute Gasteiger partial charge is 0.264 e. The molecule has 5 rings (SSSR count). The number of nitrogens with one attached hydrogen (secondary N) is 1. The van der Waals surface area contributed by atoms with Crippen molar-refractivity contribution in [2.75, 3.05) is 10.8 Å². The molecule has 4 aromatic rings. The largest absolute Gasteiger partial charge is 0.352 e. The highest BCUT2D eigenvalue weighted by Crippen LogP contribution is 2.26. The van der Waals surface area contributed by atoms with Crippen molar-refractivity contribution < 1.29 is 22.4 Å². The van der Waals surface area contributed by atoms with Crippen molar-refractivity contribution in [2.45, 2.75) is 75.9 Å². The Hall–Kier alpha value is -4.50. The van der Waals surface area contributed by atoms with Gasteiger partial charge < -0.3 is 10.2 Å². The topological polar surface area (TPSA) is 86.8 Å². The first-order chi connectivity index (χ1) is 22.6. The molecule has 1 fully saturated rings. The van der Waals surface area contributed by atoms with Crippen LogP contribution in [0, 0.1) is 19.7 Å². The van der Waals surface area contributed by atoms with Crippen molar-refractivity contribution >= 4 is 27.5 Å². The van der Waals surface area contributed by atoms with Gasteiger partial charge in [-0.3, -0.25) is 13.9 Å². The van der Waals surface area contributed by atoms with Gasteiger partial charge >= 0.3 is 0 Å². The molecule has 0 heterocycles. The summed E-state index contributed by atoms with van der Waals surface area (Å²) in [5.74, 6) is -1.35. The van der Waals surface area contributed by atoms with E-state index in [-0.39, 0.29) is 35.5 Å². The number of nitrogens with zero attached hydrogens (tertiary/aromatic N) is 2. The quantitative estimate of drug-likeness (QED) is 0.184. The Bertz CT molecular complexity index is 1760. The Balaban J connectivity index is 1.56. The third-order valence-corrected chi connectivity index (χ3v) is 10.4. The lowest BCUT2D eigenvalue weighted by atomic mass is 9.94. The monoisotopic (exact) mass is 655 g/mol. The molecule has 7 nitrogen and oxygen atoms in total. The van der Waals surface area contributed by atoms with E-state index in [1.54, 1.807) is 12.1 Å². The second-order valence-electron chi connectivity index (χ2n) is 12.4. The van der Waals surface area contributed by atoms with E-state index in [0.717, 1.165) is 70.8 Å². The molecule has 1 atom stereocenters. The van der Waals surface area contributed by atoms with Crippen molar-refractivity contribution in [2.24, 2.45) is 0 Å². The number of aryl methyl sites for hydroxylation is 2. The summed E-state index contributed by atoms with van der Waals surface area (Å²) < 4.78 is 43.2. The maximum Gasteiger partial charge on any atom is 0.264 e. The summed E-state index contributed by atoms with van der Waals surface area (Å²) in [4.78, 5) is 30.3. The second-order valence-corrected chi connectivity index (χ2v) is 14.2. The third-order valence-electron chi connectivity index (χ3n) is 8.66. The normalized spacial score (nSPS) is 14.3. The fourth-order valence-electron chi connectivity index (χ4n) is 6.08. The van der Waals surface area contributed by atoms with Gasteiger partial charge in [-0.25, -0.2) is 12.8 Å². The average molecular weight is 656 g/mol. The molecule has 1 aliphatic rings. The predicted molar refractivity (Wildman–Crippen MR) is 183 cm³/mol. The molecule has 0 bridgehead atoms. The predicted octanol–water partition coefficient (Wildman–Crippen LogP) is 6.73. The van der Waals surface area contributed by atoms with E-state index in [2.05, 4.69) is 5.32 Å². The van der Waals surface area contributed by atoms with Crippen molar-refractivity contribution in [3.05, 3.63) is 131 Å². The molecule has 246 valence electrons. The number of sulfonamides is 1. The third kappa shape index (κ3) is 8.86. The molecule has 1 aliphatic carbocycles. The minimum Gasteiger partial charge on any atom is -0.352 e. The molecule has 0 radical (unpaired) electrons.